The number of azo groups is 1. The number of aromatic nitrogens is 1. The molecular weight excluding hydrogens is 356 g/mol. The third-order valence-corrected chi connectivity index (χ3v) is 3.59. The van der Waals surface area contributed by atoms with Crippen LogP contribution < -0.4 is 21.5 Å². The highest BCUT2D eigenvalue weighted by Crippen LogP contribution is 2.32. The maximum Gasteiger partial charge on any atom is 0.242 e. The number of benzene rings is 1. The molecule has 2 aromatic rings. The molecule has 0 saturated carbocycles. The van der Waals surface area contributed by atoms with E-state index in [-0.39, 0.29) is 11.7 Å². The monoisotopic (exact) mass is 382 g/mol. The first-order chi connectivity index (χ1) is 13.3. The Morgan fingerprint density at radius 3 is 2.50 bits per heavy atom. The Morgan fingerprint density at radius 1 is 1.18 bits per heavy atom. The fourth-order valence-electron chi connectivity index (χ4n) is 2.25. The average Bonchev–Trinajstić information content (AvgIpc) is 2.61. The normalized spacial score (nSPS) is 12.2. The molecule has 0 unspecified atom stereocenters. The highest BCUT2D eigenvalue weighted by molar-refractivity contribution is 5.93. The van der Waals surface area contributed by atoms with Gasteiger partial charge >= 0.3 is 0 Å². The van der Waals surface area contributed by atoms with Gasteiger partial charge in [-0.1, -0.05) is 32.6 Å². The molecule has 2 rings (SSSR count). The number of nitrogens with two attached hydrogens (primary N) is 2. The summed E-state index contributed by atoms with van der Waals surface area (Å²) in [5, 5.41) is 10.9. The number of carbonyl (C=O) groups is 1. The molecule has 0 bridgehead atoms. The minimum atomic E-state index is -0.649. The molecule has 0 aliphatic heterocycles. The third-order valence-electron chi connectivity index (χ3n) is 3.59. The Hall–Kier alpha value is -3.26. The number of ether oxygens (including phenoxy) is 1. The minimum Gasteiger partial charge on any atom is -0.460 e. The molecule has 28 heavy (non-hydrogen) atoms. The second-order valence-corrected chi connectivity index (χ2v) is 6.79. The van der Waals surface area contributed by atoms with Gasteiger partial charge in [-0.15, -0.1) is 10.2 Å². The number of nitrogens with zero attached hydrogens (tertiary/aromatic N) is 3. The van der Waals surface area contributed by atoms with E-state index >= 15 is 0 Å². The largest absolute Gasteiger partial charge is 0.460 e. The lowest BCUT2D eigenvalue weighted by Gasteiger charge is -2.12. The number of nitrogen functional groups attached to an aromatic ring is 1. The summed E-state index contributed by atoms with van der Waals surface area (Å²) in [6.07, 6.45) is 0.747. The van der Waals surface area contributed by atoms with Crippen molar-refractivity contribution < 1.29 is 9.53 Å². The van der Waals surface area contributed by atoms with Crippen LogP contribution in [0.25, 0.3) is 0 Å². The summed E-state index contributed by atoms with van der Waals surface area (Å²) in [7, 11) is 0. The van der Waals surface area contributed by atoms with Gasteiger partial charge in [-0.3, -0.25) is 4.79 Å². The van der Waals surface area contributed by atoms with E-state index in [0.29, 0.717) is 34.6 Å². The first-order valence-corrected chi connectivity index (χ1v) is 8.95. The lowest BCUT2D eigenvalue weighted by molar-refractivity contribution is -0.117. The number of para-hydroxylation sites is 1. The van der Waals surface area contributed by atoms with Gasteiger partial charge in [0.25, 0.3) is 0 Å². The van der Waals surface area contributed by atoms with E-state index in [1.54, 1.807) is 31.2 Å². The summed E-state index contributed by atoms with van der Waals surface area (Å²) in [5.74, 6) is 1.74. The zero-order valence-corrected chi connectivity index (χ0v) is 16.3. The predicted molar refractivity (Wildman–Crippen MR) is 111 cm³/mol. The first kappa shape index (κ1) is 21.0. The van der Waals surface area contributed by atoms with Crippen LogP contribution in [0.15, 0.2) is 59.0 Å². The van der Waals surface area contributed by atoms with Gasteiger partial charge < -0.3 is 21.5 Å². The van der Waals surface area contributed by atoms with Crippen LogP contribution in [0.4, 0.5) is 23.0 Å². The van der Waals surface area contributed by atoms with E-state index in [1.165, 1.54) is 0 Å². The Kier molecular flexibility index (Phi) is 7.22. The highest BCUT2D eigenvalue weighted by Gasteiger charge is 2.10. The van der Waals surface area contributed by atoms with Crippen LogP contribution in [-0.4, -0.2) is 16.9 Å². The van der Waals surface area contributed by atoms with E-state index in [4.69, 9.17) is 16.2 Å². The Labute approximate surface area is 164 Å². The Balaban J connectivity index is 2.15. The zero-order valence-electron chi connectivity index (χ0n) is 16.3. The summed E-state index contributed by atoms with van der Waals surface area (Å²) < 4.78 is 5.81. The van der Waals surface area contributed by atoms with Gasteiger partial charge in [-0.2, -0.15) is 0 Å². The number of amides is 1. The van der Waals surface area contributed by atoms with Gasteiger partial charge in [0.15, 0.2) is 11.6 Å². The fourth-order valence-corrected chi connectivity index (χ4v) is 2.25. The van der Waals surface area contributed by atoms with Crippen molar-refractivity contribution in [1.29, 1.82) is 0 Å². The van der Waals surface area contributed by atoms with Gasteiger partial charge in [0.2, 0.25) is 5.91 Å². The van der Waals surface area contributed by atoms with Crippen molar-refractivity contribution >= 4 is 28.9 Å². The first-order valence-electron chi connectivity index (χ1n) is 8.95. The number of carbonyl (C=O) groups excluding carboxylic acids is 1. The van der Waals surface area contributed by atoms with Crippen LogP contribution in [-0.2, 0) is 4.79 Å². The third kappa shape index (κ3) is 6.17. The molecule has 0 saturated heterocycles. The number of rotatable bonds is 8. The van der Waals surface area contributed by atoms with Gasteiger partial charge in [0.05, 0.1) is 11.8 Å². The topological polar surface area (TPSA) is 128 Å². The molecule has 1 heterocycles. The molecular formula is C20H26N6O2. The minimum absolute atomic E-state index is 0.133. The molecule has 1 atom stereocenters. The molecule has 0 aliphatic rings. The maximum atomic E-state index is 11.6. The van der Waals surface area contributed by atoms with E-state index < -0.39 is 6.04 Å². The summed E-state index contributed by atoms with van der Waals surface area (Å²) in [5.41, 5.74) is 12.3. The average molecular weight is 382 g/mol. The molecule has 0 spiro atoms. The molecule has 0 aliphatic carbocycles. The number of hydrogen-bond acceptors (Lipinski definition) is 7. The molecule has 8 nitrogen and oxygen atoms in total. The van der Waals surface area contributed by atoms with Crippen molar-refractivity contribution in [3.8, 4) is 5.75 Å². The summed E-state index contributed by atoms with van der Waals surface area (Å²) in [6.45, 7) is 9.71. The molecule has 1 aromatic heterocycles. The van der Waals surface area contributed by atoms with Crippen LogP contribution in [0.1, 0.15) is 27.2 Å². The van der Waals surface area contributed by atoms with Gasteiger partial charge in [0, 0.05) is 6.42 Å². The van der Waals surface area contributed by atoms with E-state index in [1.807, 2.05) is 12.1 Å². The number of nitrogens with one attached hydrogen (secondary N) is 1. The summed E-state index contributed by atoms with van der Waals surface area (Å²) in [4.78, 5) is 15.7. The molecule has 8 heteroatoms. The van der Waals surface area contributed by atoms with Gasteiger partial charge in [-0.05, 0) is 37.1 Å². The molecule has 5 N–H and O–H groups in total. The molecule has 1 aromatic carbocycles. The van der Waals surface area contributed by atoms with Crippen molar-refractivity contribution in [3.63, 3.8) is 0 Å². The Morgan fingerprint density at radius 2 is 1.86 bits per heavy atom. The summed E-state index contributed by atoms with van der Waals surface area (Å²) in [6, 6.07) is 9.81. The number of pyridine rings is 1. The number of hydrogen-bond donors (Lipinski definition) is 3. The highest BCUT2D eigenvalue weighted by atomic mass is 16.5. The van der Waals surface area contributed by atoms with Crippen molar-refractivity contribution in [2.75, 3.05) is 11.1 Å². The maximum absolute atomic E-state index is 11.6. The van der Waals surface area contributed by atoms with Crippen LogP contribution in [0.3, 0.4) is 0 Å². The molecule has 0 fully saturated rings. The van der Waals surface area contributed by atoms with E-state index in [9.17, 15) is 4.79 Å². The van der Waals surface area contributed by atoms with Crippen molar-refractivity contribution in [2.45, 2.75) is 33.2 Å². The fraction of sp³-hybridized carbons (Fsp3) is 0.300. The smallest absolute Gasteiger partial charge is 0.242 e. The van der Waals surface area contributed by atoms with Crippen LogP contribution in [0.2, 0.25) is 0 Å². The van der Waals surface area contributed by atoms with E-state index in [0.717, 1.165) is 6.42 Å². The SMILES string of the molecule is C=C(CC(C)C)Oc1ccccc1N=Nc1ccc(NC(=O)[C@H](C)N)nc1N. The lowest BCUT2D eigenvalue weighted by Crippen LogP contribution is -2.32. The van der Waals surface area contributed by atoms with Gasteiger partial charge in [-0.25, -0.2) is 4.98 Å². The Bertz CT molecular complexity index is 877. The standard InChI is InChI=1S/C20H26N6O2/c1-12(2)11-13(3)28-17-8-6-5-7-15(17)25-26-16-9-10-18(23-19(16)22)24-20(27)14(4)21/h5-10,12,14H,3,11,21H2,1-2,4H3,(H3,22,23,24,27)/t14-/m0/s1. The lowest BCUT2D eigenvalue weighted by atomic mass is 10.1. The van der Waals surface area contributed by atoms with E-state index in [2.05, 4.69) is 41.0 Å². The van der Waals surface area contributed by atoms with Gasteiger partial charge in [0.1, 0.15) is 17.2 Å². The number of allylic oxidation sites excluding steroid dienone is 1. The molecule has 148 valence electrons. The van der Waals surface area contributed by atoms with Crippen molar-refractivity contribution in [3.05, 3.63) is 48.7 Å². The molecule has 1 amide bonds. The van der Waals surface area contributed by atoms with Crippen LogP contribution in [0.5, 0.6) is 5.75 Å². The number of anilines is 2. The second kappa shape index (κ2) is 9.61. The van der Waals surface area contributed by atoms with Crippen LogP contribution >= 0.6 is 0 Å². The van der Waals surface area contributed by atoms with Crippen molar-refractivity contribution in [2.24, 2.45) is 21.9 Å². The zero-order chi connectivity index (χ0) is 20.7. The second-order valence-electron chi connectivity index (χ2n) is 6.79. The molecule has 0 radical (unpaired) electrons. The quantitative estimate of drug-likeness (QED) is 0.463. The van der Waals surface area contributed by atoms with Crippen molar-refractivity contribution in [1.82, 2.24) is 4.98 Å². The summed E-state index contributed by atoms with van der Waals surface area (Å²) >= 11 is 0. The predicted octanol–water partition coefficient (Wildman–Crippen LogP) is 4.30. The van der Waals surface area contributed by atoms with Crippen LogP contribution in [0, 0.1) is 5.92 Å².